The Balaban J connectivity index is 1.59. The first kappa shape index (κ1) is 21.0. The molecular formula is C24H26N4O2. The van der Waals surface area contributed by atoms with Crippen molar-refractivity contribution in [2.45, 2.75) is 25.8 Å². The molecule has 1 atom stereocenters. The van der Waals surface area contributed by atoms with Crippen molar-refractivity contribution in [3.8, 4) is 0 Å². The Labute approximate surface area is 176 Å². The van der Waals surface area contributed by atoms with Crippen molar-refractivity contribution in [1.29, 1.82) is 5.41 Å². The normalized spacial score (nSPS) is 11.6. The number of hydrogen-bond acceptors (Lipinski definition) is 4. The minimum absolute atomic E-state index is 0.00712. The molecule has 5 N–H and O–H groups in total. The van der Waals surface area contributed by atoms with Crippen molar-refractivity contribution in [1.82, 2.24) is 10.6 Å². The molecule has 30 heavy (non-hydrogen) atoms. The zero-order valence-electron chi connectivity index (χ0n) is 16.9. The fourth-order valence-corrected chi connectivity index (χ4v) is 3.46. The van der Waals surface area contributed by atoms with Crippen LogP contribution in [0.2, 0.25) is 0 Å². The second-order valence-electron chi connectivity index (χ2n) is 7.14. The summed E-state index contributed by atoms with van der Waals surface area (Å²) in [5.74, 6) is -0.708. The molecule has 3 aromatic carbocycles. The van der Waals surface area contributed by atoms with E-state index in [1.807, 2.05) is 61.5 Å². The summed E-state index contributed by atoms with van der Waals surface area (Å²) in [5, 5.41) is 15.8. The topological polar surface area (TPSA) is 108 Å². The largest absolute Gasteiger partial charge is 0.399 e. The molecule has 154 valence electrons. The van der Waals surface area contributed by atoms with Crippen LogP contribution in [0.4, 0.5) is 10.5 Å². The van der Waals surface area contributed by atoms with Crippen molar-refractivity contribution in [3.05, 3.63) is 77.9 Å². The summed E-state index contributed by atoms with van der Waals surface area (Å²) in [7, 11) is 0. The molecule has 6 heteroatoms. The molecule has 0 spiro atoms. The molecular weight excluding hydrogens is 376 g/mol. The van der Waals surface area contributed by atoms with Crippen LogP contribution in [0.3, 0.4) is 0 Å². The zero-order valence-corrected chi connectivity index (χ0v) is 16.9. The van der Waals surface area contributed by atoms with E-state index >= 15 is 0 Å². The average molecular weight is 402 g/mol. The van der Waals surface area contributed by atoms with Gasteiger partial charge in [0.2, 0.25) is 0 Å². The van der Waals surface area contributed by atoms with E-state index in [4.69, 9.17) is 11.1 Å². The molecule has 1 unspecified atom stereocenters. The molecule has 0 saturated carbocycles. The smallest absolute Gasteiger partial charge is 0.315 e. The van der Waals surface area contributed by atoms with Crippen LogP contribution >= 0.6 is 0 Å². The number of anilines is 1. The highest BCUT2D eigenvalue weighted by molar-refractivity contribution is 6.41. The summed E-state index contributed by atoms with van der Waals surface area (Å²) >= 11 is 0. The second kappa shape index (κ2) is 9.69. The quantitative estimate of drug-likeness (QED) is 0.338. The fraction of sp³-hybridized carbons (Fsp3) is 0.208. The molecule has 0 fully saturated rings. The Morgan fingerprint density at radius 1 is 0.967 bits per heavy atom. The number of rotatable bonds is 8. The first-order valence-electron chi connectivity index (χ1n) is 9.95. The number of nitrogens with two attached hydrogens (primary N) is 1. The summed E-state index contributed by atoms with van der Waals surface area (Å²) in [6.07, 6.45) is 0.627. The number of hydrogen-bond donors (Lipinski definition) is 4. The number of amides is 2. The van der Waals surface area contributed by atoms with Crippen LogP contribution in [0.25, 0.3) is 10.8 Å². The van der Waals surface area contributed by atoms with Gasteiger partial charge in [-0.25, -0.2) is 4.79 Å². The van der Waals surface area contributed by atoms with Crippen LogP contribution < -0.4 is 16.4 Å². The number of ketones is 1. The molecule has 0 saturated heterocycles. The minimum Gasteiger partial charge on any atom is -0.399 e. The summed E-state index contributed by atoms with van der Waals surface area (Å²) in [4.78, 5) is 24.6. The van der Waals surface area contributed by atoms with Crippen LogP contribution in [-0.2, 0) is 11.3 Å². The fourth-order valence-electron chi connectivity index (χ4n) is 3.46. The number of carbonyl (C=O) groups is 2. The van der Waals surface area contributed by atoms with E-state index in [9.17, 15) is 9.59 Å². The molecule has 0 heterocycles. The number of nitrogen functional groups attached to an aromatic ring is 1. The summed E-state index contributed by atoms with van der Waals surface area (Å²) in [5.41, 5.74) is 8.17. The molecule has 3 rings (SSSR count). The van der Waals surface area contributed by atoms with E-state index in [2.05, 4.69) is 10.6 Å². The molecule has 0 bridgehead atoms. The molecule has 0 aromatic heterocycles. The van der Waals surface area contributed by atoms with Crippen LogP contribution in [0.5, 0.6) is 0 Å². The number of carbonyl (C=O) groups excluding carboxylic acids is 2. The molecule has 3 aromatic rings. The van der Waals surface area contributed by atoms with Gasteiger partial charge in [-0.05, 0) is 40.5 Å². The summed E-state index contributed by atoms with van der Waals surface area (Å²) in [6, 6.07) is 20.6. The van der Waals surface area contributed by atoms with E-state index in [1.54, 1.807) is 12.1 Å². The van der Waals surface area contributed by atoms with Crippen molar-refractivity contribution in [2.24, 2.45) is 0 Å². The predicted molar refractivity (Wildman–Crippen MR) is 121 cm³/mol. The van der Waals surface area contributed by atoms with Gasteiger partial charge in [0.15, 0.2) is 5.78 Å². The highest BCUT2D eigenvalue weighted by Gasteiger charge is 2.23. The van der Waals surface area contributed by atoms with Crippen LogP contribution in [0, 0.1) is 5.41 Å². The van der Waals surface area contributed by atoms with E-state index in [-0.39, 0.29) is 18.2 Å². The van der Waals surface area contributed by atoms with Gasteiger partial charge in [-0.15, -0.1) is 0 Å². The lowest BCUT2D eigenvalue weighted by Crippen LogP contribution is -2.40. The molecule has 0 radical (unpaired) electrons. The first-order chi connectivity index (χ1) is 14.5. The van der Waals surface area contributed by atoms with E-state index in [1.165, 1.54) is 0 Å². The maximum absolute atomic E-state index is 12.6. The van der Waals surface area contributed by atoms with Crippen molar-refractivity contribution in [2.75, 3.05) is 12.3 Å². The molecule has 6 nitrogen and oxygen atoms in total. The van der Waals surface area contributed by atoms with Gasteiger partial charge >= 0.3 is 6.03 Å². The van der Waals surface area contributed by atoms with Crippen LogP contribution in [0.1, 0.15) is 30.4 Å². The van der Waals surface area contributed by atoms with Gasteiger partial charge in [0.1, 0.15) is 0 Å². The predicted octanol–water partition coefficient (Wildman–Crippen LogP) is 4.00. The molecule has 0 aliphatic rings. The summed E-state index contributed by atoms with van der Waals surface area (Å²) < 4.78 is 0. The lowest BCUT2D eigenvalue weighted by Gasteiger charge is -2.18. The highest BCUT2D eigenvalue weighted by atomic mass is 16.2. The average Bonchev–Trinajstić information content (AvgIpc) is 2.77. The van der Waals surface area contributed by atoms with E-state index in [0.29, 0.717) is 18.7 Å². The maximum Gasteiger partial charge on any atom is 0.315 e. The zero-order chi connectivity index (χ0) is 21.5. The van der Waals surface area contributed by atoms with Crippen molar-refractivity contribution >= 4 is 34.0 Å². The lowest BCUT2D eigenvalue weighted by atomic mass is 9.86. The number of Topliss-reactive ketones (excluding diaryl/α,β-unsaturated/α-hetero) is 1. The van der Waals surface area contributed by atoms with Crippen molar-refractivity contribution < 1.29 is 9.59 Å². The lowest BCUT2D eigenvalue weighted by molar-refractivity contribution is -0.112. The van der Waals surface area contributed by atoms with Gasteiger partial charge in [-0.3, -0.25) is 4.79 Å². The minimum atomic E-state index is -0.453. The van der Waals surface area contributed by atoms with Gasteiger partial charge in [0.25, 0.3) is 0 Å². The van der Waals surface area contributed by atoms with E-state index < -0.39 is 11.8 Å². The molecule has 0 aliphatic carbocycles. The third-order valence-electron chi connectivity index (χ3n) is 5.10. The monoisotopic (exact) mass is 402 g/mol. The van der Waals surface area contributed by atoms with Crippen LogP contribution in [0.15, 0.2) is 66.7 Å². The Hall–Kier alpha value is -3.67. The van der Waals surface area contributed by atoms with Gasteiger partial charge in [-0.1, -0.05) is 61.5 Å². The Morgan fingerprint density at radius 2 is 1.67 bits per heavy atom. The second-order valence-corrected chi connectivity index (χ2v) is 7.14. The number of fused-ring (bicyclic) bond motifs is 1. The number of nitrogens with one attached hydrogen (secondary N) is 3. The van der Waals surface area contributed by atoms with Crippen LogP contribution in [-0.4, -0.2) is 24.1 Å². The number of urea groups is 1. The van der Waals surface area contributed by atoms with Gasteiger partial charge in [0.05, 0.1) is 12.3 Å². The number of benzene rings is 3. The SMILES string of the molecule is CCC(C(=N)C(=O)CNC(=O)NCc1ccc(N)cc1)c1cccc2ccccc12. The van der Waals surface area contributed by atoms with Gasteiger partial charge in [0, 0.05) is 18.2 Å². The van der Waals surface area contributed by atoms with Gasteiger partial charge < -0.3 is 21.8 Å². The molecule has 2 amide bonds. The maximum atomic E-state index is 12.6. The molecule has 0 aliphatic heterocycles. The Bertz CT molecular complexity index is 1050. The van der Waals surface area contributed by atoms with E-state index in [0.717, 1.165) is 21.9 Å². The first-order valence-corrected chi connectivity index (χ1v) is 9.95. The third-order valence-corrected chi connectivity index (χ3v) is 5.10. The highest BCUT2D eigenvalue weighted by Crippen LogP contribution is 2.28. The van der Waals surface area contributed by atoms with Gasteiger partial charge in [-0.2, -0.15) is 0 Å². The standard InChI is InChI=1S/C24H26N4O2/c1-2-19(21-9-5-7-17-6-3-4-8-20(17)21)23(26)22(29)15-28-24(30)27-14-16-10-12-18(25)13-11-16/h3-13,19,26H,2,14-15,25H2,1H3,(H2,27,28,30). The Kier molecular flexibility index (Phi) is 6.80. The Morgan fingerprint density at radius 3 is 2.40 bits per heavy atom. The third kappa shape index (κ3) is 5.03. The summed E-state index contributed by atoms with van der Waals surface area (Å²) in [6.45, 7) is 2.07. The van der Waals surface area contributed by atoms with Crippen molar-refractivity contribution in [3.63, 3.8) is 0 Å².